The van der Waals surface area contributed by atoms with Gasteiger partial charge in [-0.1, -0.05) is 24.3 Å². The Hall–Kier alpha value is -3.23. The zero-order chi connectivity index (χ0) is 23.3. The van der Waals surface area contributed by atoms with Gasteiger partial charge in [0.2, 0.25) is 0 Å². The standard InChI is InChI=1S/C24H26FN3O3S/c1-17-14-22(12-13-23(17)25)32(30,31)27-21-10-8-20(9-11-21)24(29)26-15-18-4-6-19(7-5-18)16-28(2)3/h4-14,27H,15-16H2,1-3H3,(H,26,29). The summed E-state index contributed by atoms with van der Waals surface area (Å²) in [5, 5.41) is 2.86. The smallest absolute Gasteiger partial charge is 0.261 e. The molecule has 0 bridgehead atoms. The molecule has 0 saturated carbocycles. The predicted octanol–water partition coefficient (Wildman–Crippen LogP) is 3.93. The zero-order valence-corrected chi connectivity index (χ0v) is 19.0. The zero-order valence-electron chi connectivity index (χ0n) is 18.2. The van der Waals surface area contributed by atoms with Crippen molar-refractivity contribution in [2.45, 2.75) is 24.9 Å². The molecule has 0 atom stereocenters. The highest BCUT2D eigenvalue weighted by Crippen LogP contribution is 2.19. The molecule has 0 aliphatic rings. The molecule has 0 fully saturated rings. The van der Waals surface area contributed by atoms with Crippen molar-refractivity contribution in [2.24, 2.45) is 0 Å². The van der Waals surface area contributed by atoms with Gasteiger partial charge in [0, 0.05) is 24.3 Å². The number of carbonyl (C=O) groups is 1. The number of nitrogens with zero attached hydrogens (tertiary/aromatic N) is 1. The van der Waals surface area contributed by atoms with E-state index in [2.05, 4.69) is 14.9 Å². The van der Waals surface area contributed by atoms with Crippen molar-refractivity contribution in [1.82, 2.24) is 10.2 Å². The molecule has 0 unspecified atom stereocenters. The maximum atomic E-state index is 13.4. The minimum Gasteiger partial charge on any atom is -0.348 e. The second-order valence-electron chi connectivity index (χ2n) is 7.83. The largest absolute Gasteiger partial charge is 0.348 e. The van der Waals surface area contributed by atoms with Gasteiger partial charge in [-0.25, -0.2) is 12.8 Å². The number of hydrogen-bond acceptors (Lipinski definition) is 4. The first-order valence-corrected chi connectivity index (χ1v) is 11.5. The highest BCUT2D eigenvalue weighted by molar-refractivity contribution is 7.92. The molecule has 3 rings (SSSR count). The number of halogens is 1. The fourth-order valence-corrected chi connectivity index (χ4v) is 4.24. The molecule has 8 heteroatoms. The average molecular weight is 456 g/mol. The summed E-state index contributed by atoms with van der Waals surface area (Å²) >= 11 is 0. The van der Waals surface area contributed by atoms with Crippen LogP contribution in [0.5, 0.6) is 0 Å². The van der Waals surface area contributed by atoms with Gasteiger partial charge in [-0.3, -0.25) is 9.52 Å². The van der Waals surface area contributed by atoms with Gasteiger partial charge in [0.05, 0.1) is 4.90 Å². The Labute approximate surface area is 188 Å². The molecule has 3 aromatic rings. The number of rotatable bonds is 8. The number of nitrogens with one attached hydrogen (secondary N) is 2. The van der Waals surface area contributed by atoms with Crippen LogP contribution in [0, 0.1) is 12.7 Å². The Bertz CT molecular complexity index is 1190. The van der Waals surface area contributed by atoms with Gasteiger partial charge in [-0.2, -0.15) is 0 Å². The lowest BCUT2D eigenvalue weighted by molar-refractivity contribution is 0.0951. The van der Waals surface area contributed by atoms with Gasteiger partial charge in [0.25, 0.3) is 15.9 Å². The lowest BCUT2D eigenvalue weighted by Crippen LogP contribution is -2.22. The number of amides is 1. The van der Waals surface area contributed by atoms with Crippen LogP contribution < -0.4 is 10.0 Å². The molecule has 168 valence electrons. The summed E-state index contributed by atoms with van der Waals surface area (Å²) in [5.41, 5.74) is 3.14. The Morgan fingerprint density at radius 2 is 1.56 bits per heavy atom. The van der Waals surface area contributed by atoms with Crippen LogP contribution in [0.3, 0.4) is 0 Å². The van der Waals surface area contributed by atoms with Crippen molar-refractivity contribution in [3.63, 3.8) is 0 Å². The van der Waals surface area contributed by atoms with Crippen LogP contribution in [-0.4, -0.2) is 33.3 Å². The molecule has 32 heavy (non-hydrogen) atoms. The van der Waals surface area contributed by atoms with Gasteiger partial charge in [-0.05, 0) is 80.2 Å². The van der Waals surface area contributed by atoms with Crippen molar-refractivity contribution < 1.29 is 17.6 Å². The minimum absolute atomic E-state index is 0.0326. The van der Waals surface area contributed by atoms with Crippen LogP contribution in [0.2, 0.25) is 0 Å². The maximum absolute atomic E-state index is 13.4. The first kappa shape index (κ1) is 23.4. The summed E-state index contributed by atoms with van der Waals surface area (Å²) in [6.45, 7) is 2.74. The number of sulfonamides is 1. The molecule has 0 spiro atoms. The summed E-state index contributed by atoms with van der Waals surface area (Å²) < 4.78 is 40.9. The van der Waals surface area contributed by atoms with Crippen molar-refractivity contribution in [3.05, 3.63) is 94.8 Å². The molecule has 0 aliphatic heterocycles. The monoisotopic (exact) mass is 455 g/mol. The van der Waals surface area contributed by atoms with Crippen LogP contribution in [0.25, 0.3) is 0 Å². The van der Waals surface area contributed by atoms with Crippen LogP contribution in [0.4, 0.5) is 10.1 Å². The summed E-state index contributed by atoms with van der Waals surface area (Å²) in [6, 6.07) is 17.7. The number of aryl methyl sites for hydroxylation is 1. The normalized spacial score (nSPS) is 11.4. The van der Waals surface area contributed by atoms with E-state index in [1.807, 2.05) is 38.4 Å². The third-order valence-corrected chi connectivity index (χ3v) is 6.19. The van der Waals surface area contributed by atoms with Crippen molar-refractivity contribution >= 4 is 21.6 Å². The van der Waals surface area contributed by atoms with Crippen LogP contribution in [-0.2, 0) is 23.1 Å². The minimum atomic E-state index is -3.86. The topological polar surface area (TPSA) is 78.5 Å². The third kappa shape index (κ3) is 6.15. The lowest BCUT2D eigenvalue weighted by Gasteiger charge is -2.11. The quantitative estimate of drug-likeness (QED) is 0.540. The van der Waals surface area contributed by atoms with Gasteiger partial charge in [-0.15, -0.1) is 0 Å². The highest BCUT2D eigenvalue weighted by Gasteiger charge is 2.16. The van der Waals surface area contributed by atoms with E-state index < -0.39 is 15.8 Å². The number of hydrogen-bond donors (Lipinski definition) is 2. The Balaban J connectivity index is 1.59. The van der Waals surface area contributed by atoms with Crippen LogP contribution >= 0.6 is 0 Å². The summed E-state index contributed by atoms with van der Waals surface area (Å²) in [7, 11) is 0.153. The molecule has 2 N–H and O–H groups in total. The fourth-order valence-electron chi connectivity index (χ4n) is 3.10. The molecule has 6 nitrogen and oxygen atoms in total. The third-order valence-electron chi connectivity index (χ3n) is 4.81. The van der Waals surface area contributed by atoms with Crippen molar-refractivity contribution in [3.8, 4) is 0 Å². The Kier molecular flexibility index (Phi) is 7.27. The molecule has 0 aromatic heterocycles. The van der Waals surface area contributed by atoms with E-state index in [0.29, 0.717) is 17.8 Å². The van der Waals surface area contributed by atoms with E-state index in [1.165, 1.54) is 36.8 Å². The van der Waals surface area contributed by atoms with E-state index in [4.69, 9.17) is 0 Å². The first-order valence-electron chi connectivity index (χ1n) is 10.0. The first-order chi connectivity index (χ1) is 15.1. The molecular formula is C24H26FN3O3S. The van der Waals surface area contributed by atoms with E-state index >= 15 is 0 Å². The van der Waals surface area contributed by atoms with Crippen molar-refractivity contribution in [1.29, 1.82) is 0 Å². The fraction of sp³-hybridized carbons (Fsp3) is 0.208. The summed E-state index contributed by atoms with van der Waals surface area (Å²) in [6.07, 6.45) is 0. The summed E-state index contributed by atoms with van der Waals surface area (Å²) in [4.78, 5) is 14.5. The molecule has 1 amide bonds. The van der Waals surface area contributed by atoms with Gasteiger partial charge in [0.15, 0.2) is 0 Å². The van der Waals surface area contributed by atoms with Gasteiger partial charge in [0.1, 0.15) is 5.82 Å². The second kappa shape index (κ2) is 9.93. The SMILES string of the molecule is Cc1cc(S(=O)(=O)Nc2ccc(C(=O)NCc3ccc(CN(C)C)cc3)cc2)ccc1F. The molecule has 3 aromatic carbocycles. The van der Waals surface area contributed by atoms with E-state index in [-0.39, 0.29) is 16.4 Å². The van der Waals surface area contributed by atoms with Crippen LogP contribution in [0.1, 0.15) is 27.0 Å². The Morgan fingerprint density at radius 1 is 0.938 bits per heavy atom. The van der Waals surface area contributed by atoms with Crippen LogP contribution in [0.15, 0.2) is 71.6 Å². The van der Waals surface area contributed by atoms with Gasteiger partial charge < -0.3 is 10.2 Å². The number of benzene rings is 3. The Morgan fingerprint density at radius 3 is 2.16 bits per heavy atom. The number of carbonyl (C=O) groups excluding carboxylic acids is 1. The molecule has 0 heterocycles. The average Bonchev–Trinajstić information content (AvgIpc) is 2.74. The van der Waals surface area contributed by atoms with E-state index in [9.17, 15) is 17.6 Å². The predicted molar refractivity (Wildman–Crippen MR) is 123 cm³/mol. The lowest BCUT2D eigenvalue weighted by atomic mass is 10.1. The second-order valence-corrected chi connectivity index (χ2v) is 9.51. The highest BCUT2D eigenvalue weighted by atomic mass is 32.2. The van der Waals surface area contributed by atoms with Gasteiger partial charge >= 0.3 is 0 Å². The maximum Gasteiger partial charge on any atom is 0.261 e. The molecule has 0 aliphatic carbocycles. The summed E-state index contributed by atoms with van der Waals surface area (Å²) in [5.74, 6) is -0.727. The van der Waals surface area contributed by atoms with E-state index in [0.717, 1.165) is 18.2 Å². The molecule has 0 saturated heterocycles. The number of anilines is 1. The van der Waals surface area contributed by atoms with E-state index in [1.54, 1.807) is 12.1 Å². The van der Waals surface area contributed by atoms with Crippen molar-refractivity contribution in [2.75, 3.05) is 18.8 Å². The molecular weight excluding hydrogens is 429 g/mol. The molecule has 0 radical (unpaired) electrons.